The minimum Gasteiger partial charge on any atom is -0.444 e. The number of alkyl halides is 5. The van der Waals surface area contributed by atoms with E-state index in [2.05, 4.69) is 15.4 Å². The van der Waals surface area contributed by atoms with Gasteiger partial charge in [0.25, 0.3) is 0 Å². The van der Waals surface area contributed by atoms with Gasteiger partial charge in [-0.15, -0.1) is 0 Å². The van der Waals surface area contributed by atoms with Gasteiger partial charge < -0.3 is 14.8 Å². The SMILES string of the molecule is CC(C)(C)OC(=O)N[C@H](c1cn2ncc(C3CC34C[C@@H](C(F)(F)F)N(C(=O)OC(C)(C)C)C4=O)cc2n1)C1CCC(F)(F)CC1. The van der Waals surface area contributed by atoms with Crippen LogP contribution in [0.25, 0.3) is 5.65 Å². The Bertz CT molecular complexity index is 1490. The fraction of sp³-hybridized carbons (Fsp3) is 0.700. The van der Waals surface area contributed by atoms with E-state index in [4.69, 9.17) is 9.47 Å². The van der Waals surface area contributed by atoms with Crippen LogP contribution < -0.4 is 5.32 Å². The van der Waals surface area contributed by atoms with Gasteiger partial charge in [-0.05, 0) is 84.8 Å². The summed E-state index contributed by atoms with van der Waals surface area (Å²) in [6.07, 6.45) is -4.83. The Morgan fingerprint density at radius 3 is 2.22 bits per heavy atom. The molecule has 2 aliphatic carbocycles. The number of halogens is 5. The highest BCUT2D eigenvalue weighted by molar-refractivity contribution is 6.00. The molecule has 2 aromatic heterocycles. The van der Waals surface area contributed by atoms with Crippen LogP contribution in [0, 0.1) is 11.3 Å². The molecule has 2 aromatic rings. The maximum atomic E-state index is 14.0. The summed E-state index contributed by atoms with van der Waals surface area (Å²) < 4.78 is 82.0. The normalized spacial score (nSPS) is 26.3. The van der Waals surface area contributed by atoms with Gasteiger partial charge in [-0.25, -0.2) is 32.8 Å². The lowest BCUT2D eigenvalue weighted by Gasteiger charge is -2.33. The van der Waals surface area contributed by atoms with Gasteiger partial charge in [-0.2, -0.15) is 18.3 Å². The molecule has 248 valence electrons. The van der Waals surface area contributed by atoms with Crippen molar-refractivity contribution in [1.29, 1.82) is 0 Å². The first-order valence-corrected chi connectivity index (χ1v) is 14.9. The number of carbonyl (C=O) groups is 3. The molecule has 0 aromatic carbocycles. The predicted octanol–water partition coefficient (Wildman–Crippen LogP) is 6.69. The number of hydrogen-bond donors (Lipinski definition) is 1. The van der Waals surface area contributed by atoms with Crippen LogP contribution in [-0.4, -0.2) is 66.9 Å². The maximum absolute atomic E-state index is 14.0. The van der Waals surface area contributed by atoms with Gasteiger partial charge in [-0.1, -0.05) is 0 Å². The van der Waals surface area contributed by atoms with E-state index < -0.39 is 71.2 Å². The van der Waals surface area contributed by atoms with Gasteiger partial charge in [0.1, 0.15) is 17.2 Å². The van der Waals surface area contributed by atoms with Crippen molar-refractivity contribution >= 4 is 23.7 Å². The van der Waals surface area contributed by atoms with Crippen LogP contribution in [0.3, 0.4) is 0 Å². The van der Waals surface area contributed by atoms with Crippen molar-refractivity contribution < 1.29 is 45.8 Å². The molecule has 2 saturated carbocycles. The third-order valence-corrected chi connectivity index (χ3v) is 8.54. The fourth-order valence-corrected chi connectivity index (χ4v) is 6.41. The van der Waals surface area contributed by atoms with Crippen LogP contribution in [0.1, 0.15) is 103 Å². The van der Waals surface area contributed by atoms with Crippen molar-refractivity contribution in [2.45, 2.75) is 121 Å². The first-order valence-electron chi connectivity index (χ1n) is 14.9. The molecular formula is C30H38F5N5O5. The van der Waals surface area contributed by atoms with E-state index in [0.29, 0.717) is 16.9 Å². The summed E-state index contributed by atoms with van der Waals surface area (Å²) >= 11 is 0. The summed E-state index contributed by atoms with van der Waals surface area (Å²) in [7, 11) is 0. The molecule has 2 unspecified atom stereocenters. The number of nitrogens with one attached hydrogen (secondary N) is 1. The topological polar surface area (TPSA) is 115 Å². The number of carbonyl (C=O) groups excluding carboxylic acids is 3. The lowest BCUT2D eigenvalue weighted by molar-refractivity contribution is -0.177. The van der Waals surface area contributed by atoms with Crippen molar-refractivity contribution in [2.75, 3.05) is 0 Å². The average molecular weight is 644 g/mol. The van der Waals surface area contributed by atoms with E-state index in [-0.39, 0.29) is 42.9 Å². The predicted molar refractivity (Wildman–Crippen MR) is 149 cm³/mol. The number of rotatable bonds is 4. The van der Waals surface area contributed by atoms with Crippen molar-refractivity contribution in [3.63, 3.8) is 0 Å². The zero-order chi connectivity index (χ0) is 33.3. The molecule has 3 amide bonds. The largest absolute Gasteiger partial charge is 0.444 e. The second-order valence-corrected chi connectivity index (χ2v) is 14.4. The van der Waals surface area contributed by atoms with Crippen molar-refractivity contribution in [2.24, 2.45) is 11.3 Å². The molecule has 1 spiro atoms. The molecular weight excluding hydrogens is 605 g/mol. The number of ether oxygens (including phenoxy) is 2. The van der Waals surface area contributed by atoms with Gasteiger partial charge in [0.15, 0.2) is 5.65 Å². The second-order valence-electron chi connectivity index (χ2n) is 14.4. The third-order valence-electron chi connectivity index (χ3n) is 8.54. The summed E-state index contributed by atoms with van der Waals surface area (Å²) in [6.45, 7) is 9.59. The molecule has 0 radical (unpaired) electrons. The number of nitrogens with zero attached hydrogens (tertiary/aromatic N) is 4. The minimum atomic E-state index is -4.84. The summed E-state index contributed by atoms with van der Waals surface area (Å²) in [6, 6.07) is -1.48. The Balaban J connectivity index is 1.41. The number of likely N-dealkylation sites (tertiary alicyclic amines) is 1. The van der Waals surface area contributed by atoms with Gasteiger partial charge in [0.05, 0.1) is 29.5 Å². The molecule has 5 rings (SSSR count). The number of amides is 3. The molecule has 45 heavy (non-hydrogen) atoms. The molecule has 1 aliphatic heterocycles. The van der Waals surface area contributed by atoms with Crippen LogP contribution in [-0.2, 0) is 14.3 Å². The van der Waals surface area contributed by atoms with Crippen molar-refractivity contribution in [1.82, 2.24) is 24.8 Å². The smallest absolute Gasteiger partial charge is 0.417 e. The van der Waals surface area contributed by atoms with Crippen LogP contribution >= 0.6 is 0 Å². The van der Waals surface area contributed by atoms with E-state index in [1.54, 1.807) is 33.0 Å². The molecule has 3 heterocycles. The van der Waals surface area contributed by atoms with Gasteiger partial charge in [-0.3, -0.25) is 4.79 Å². The first-order chi connectivity index (χ1) is 20.6. The number of alkyl carbamates (subject to hydrolysis) is 1. The van der Waals surface area contributed by atoms with E-state index in [1.807, 2.05) is 0 Å². The molecule has 0 bridgehead atoms. The lowest BCUT2D eigenvalue weighted by Crippen LogP contribution is -2.48. The highest BCUT2D eigenvalue weighted by atomic mass is 19.4. The van der Waals surface area contributed by atoms with Gasteiger partial charge in [0.2, 0.25) is 11.8 Å². The number of imide groups is 1. The Morgan fingerprint density at radius 1 is 1.02 bits per heavy atom. The van der Waals surface area contributed by atoms with Crippen molar-refractivity contribution in [3.05, 3.63) is 29.7 Å². The van der Waals surface area contributed by atoms with Crippen LogP contribution in [0.15, 0.2) is 18.5 Å². The lowest BCUT2D eigenvalue weighted by atomic mass is 9.81. The average Bonchev–Trinajstić information content (AvgIpc) is 3.31. The Kier molecular flexibility index (Phi) is 7.88. The van der Waals surface area contributed by atoms with Crippen LogP contribution in [0.2, 0.25) is 0 Å². The second kappa shape index (κ2) is 10.8. The molecule has 3 fully saturated rings. The summed E-state index contributed by atoms with van der Waals surface area (Å²) in [5.74, 6) is -4.73. The number of imidazole rings is 1. The first kappa shape index (κ1) is 32.9. The Labute approximate surface area is 257 Å². The molecule has 1 saturated heterocycles. The Morgan fingerprint density at radius 2 is 1.64 bits per heavy atom. The van der Waals surface area contributed by atoms with Gasteiger partial charge >= 0.3 is 18.4 Å². The quantitative estimate of drug-likeness (QED) is 0.369. The number of hydrogen-bond acceptors (Lipinski definition) is 7. The zero-order valence-corrected chi connectivity index (χ0v) is 26.0. The summed E-state index contributed by atoms with van der Waals surface area (Å²) in [5.41, 5.74) is -2.23. The summed E-state index contributed by atoms with van der Waals surface area (Å²) in [5, 5.41) is 7.14. The standard InChI is InChI=1S/C30H38F5N5O5/c1-26(2,3)44-24(42)38-22(16-7-9-29(31,32)10-8-16)19-15-39-21(37-19)11-17(14-36-39)18-12-28(18)13-20(30(33,34)35)40(23(28)41)25(43)45-27(4,5)6/h11,14-16,18,20,22H,7-10,12-13H2,1-6H3,(H,38,42)/t18?,20-,22-,28?/m0/s1. The molecule has 15 heteroatoms. The van der Waals surface area contributed by atoms with Gasteiger partial charge in [0, 0.05) is 18.8 Å². The summed E-state index contributed by atoms with van der Waals surface area (Å²) in [4.78, 5) is 43.7. The van der Waals surface area contributed by atoms with Crippen LogP contribution in [0.4, 0.5) is 31.5 Å². The highest BCUT2D eigenvalue weighted by Crippen LogP contribution is 2.67. The van der Waals surface area contributed by atoms with Crippen LogP contribution in [0.5, 0.6) is 0 Å². The molecule has 10 nitrogen and oxygen atoms in total. The molecule has 3 aliphatic rings. The van der Waals surface area contributed by atoms with E-state index >= 15 is 0 Å². The third kappa shape index (κ3) is 6.86. The van der Waals surface area contributed by atoms with E-state index in [0.717, 1.165) is 0 Å². The number of fused-ring (bicyclic) bond motifs is 1. The minimum absolute atomic E-state index is 0.0856. The van der Waals surface area contributed by atoms with E-state index in [1.165, 1.54) is 31.5 Å². The molecule has 4 atom stereocenters. The highest BCUT2D eigenvalue weighted by Gasteiger charge is 2.72. The van der Waals surface area contributed by atoms with E-state index in [9.17, 15) is 36.3 Å². The fourth-order valence-electron chi connectivity index (χ4n) is 6.41. The monoisotopic (exact) mass is 643 g/mol. The molecule has 1 N–H and O–H groups in total. The zero-order valence-electron chi connectivity index (χ0n) is 26.0. The number of aromatic nitrogens is 3. The maximum Gasteiger partial charge on any atom is 0.417 e. The Hall–Kier alpha value is -3.52. The van der Waals surface area contributed by atoms with Crippen molar-refractivity contribution in [3.8, 4) is 0 Å².